The van der Waals surface area contributed by atoms with Crippen molar-refractivity contribution in [2.24, 2.45) is 0 Å². The molecular formula is C14H19NO3. The highest BCUT2D eigenvalue weighted by Crippen LogP contribution is 2.09. The molecule has 0 aliphatic carbocycles. The number of hydrogen-bond donors (Lipinski definition) is 2. The minimum absolute atomic E-state index is 0.0362. The maximum atomic E-state index is 12.0. The van der Waals surface area contributed by atoms with Crippen molar-refractivity contribution >= 4 is 11.9 Å². The Hall–Kier alpha value is -1.84. The average molecular weight is 249 g/mol. The predicted molar refractivity (Wildman–Crippen MR) is 69.6 cm³/mol. The predicted octanol–water partition coefficient (Wildman–Crippen LogP) is 2.37. The van der Waals surface area contributed by atoms with Gasteiger partial charge in [-0.3, -0.25) is 9.59 Å². The number of rotatable bonds is 6. The normalized spacial score (nSPS) is 11.9. The highest BCUT2D eigenvalue weighted by molar-refractivity contribution is 5.95. The van der Waals surface area contributed by atoms with Crippen molar-refractivity contribution in [3.63, 3.8) is 0 Å². The van der Waals surface area contributed by atoms with E-state index in [0.717, 1.165) is 12.0 Å². The van der Waals surface area contributed by atoms with Crippen LogP contribution >= 0.6 is 0 Å². The highest BCUT2D eigenvalue weighted by atomic mass is 16.4. The van der Waals surface area contributed by atoms with Crippen molar-refractivity contribution in [1.82, 2.24) is 5.32 Å². The number of carbonyl (C=O) groups is 2. The van der Waals surface area contributed by atoms with Gasteiger partial charge in [-0.25, -0.2) is 0 Å². The lowest BCUT2D eigenvalue weighted by atomic mass is 10.1. The van der Waals surface area contributed by atoms with Crippen LogP contribution in [0.15, 0.2) is 24.3 Å². The minimum Gasteiger partial charge on any atom is -0.481 e. The van der Waals surface area contributed by atoms with Crippen molar-refractivity contribution < 1.29 is 14.7 Å². The van der Waals surface area contributed by atoms with Crippen LogP contribution in [0.3, 0.4) is 0 Å². The monoisotopic (exact) mass is 249 g/mol. The van der Waals surface area contributed by atoms with E-state index < -0.39 is 5.97 Å². The van der Waals surface area contributed by atoms with E-state index in [0.29, 0.717) is 12.0 Å². The third-order valence-electron chi connectivity index (χ3n) is 2.78. The zero-order valence-corrected chi connectivity index (χ0v) is 10.8. The molecule has 1 unspecified atom stereocenters. The van der Waals surface area contributed by atoms with E-state index in [-0.39, 0.29) is 18.4 Å². The van der Waals surface area contributed by atoms with Crippen molar-refractivity contribution in [3.05, 3.63) is 35.4 Å². The Kier molecular flexibility index (Phi) is 5.36. The second-order valence-electron chi connectivity index (χ2n) is 4.37. The van der Waals surface area contributed by atoms with E-state index in [1.165, 1.54) is 0 Å². The summed E-state index contributed by atoms with van der Waals surface area (Å²) in [4.78, 5) is 22.7. The Morgan fingerprint density at radius 3 is 2.56 bits per heavy atom. The quantitative estimate of drug-likeness (QED) is 0.813. The van der Waals surface area contributed by atoms with E-state index in [9.17, 15) is 9.59 Å². The second-order valence-corrected chi connectivity index (χ2v) is 4.37. The Morgan fingerprint density at radius 2 is 2.00 bits per heavy atom. The first-order valence-electron chi connectivity index (χ1n) is 6.13. The number of hydrogen-bond acceptors (Lipinski definition) is 2. The van der Waals surface area contributed by atoms with Crippen LogP contribution in [-0.2, 0) is 4.79 Å². The maximum Gasteiger partial charge on any atom is 0.305 e. The highest BCUT2D eigenvalue weighted by Gasteiger charge is 2.16. The summed E-state index contributed by atoms with van der Waals surface area (Å²) in [5.74, 6) is -1.09. The molecule has 0 aliphatic heterocycles. The molecule has 0 saturated heterocycles. The minimum atomic E-state index is -0.890. The molecule has 0 bridgehead atoms. The van der Waals surface area contributed by atoms with E-state index in [4.69, 9.17) is 5.11 Å². The van der Waals surface area contributed by atoms with Gasteiger partial charge in [-0.15, -0.1) is 0 Å². The van der Waals surface area contributed by atoms with Crippen molar-refractivity contribution in [1.29, 1.82) is 0 Å². The zero-order chi connectivity index (χ0) is 13.5. The number of carbonyl (C=O) groups excluding carboxylic acids is 1. The third-order valence-corrected chi connectivity index (χ3v) is 2.78. The molecule has 2 N–H and O–H groups in total. The Morgan fingerprint density at radius 1 is 1.33 bits per heavy atom. The molecule has 1 amide bonds. The number of benzene rings is 1. The SMILES string of the molecule is CCCC(CC(=O)O)NC(=O)c1ccccc1C. The van der Waals surface area contributed by atoms with E-state index in [2.05, 4.69) is 5.32 Å². The lowest BCUT2D eigenvalue weighted by Crippen LogP contribution is -2.36. The Balaban J connectivity index is 2.72. The van der Waals surface area contributed by atoms with Gasteiger partial charge in [0.25, 0.3) is 5.91 Å². The lowest BCUT2D eigenvalue weighted by molar-refractivity contribution is -0.137. The lowest BCUT2D eigenvalue weighted by Gasteiger charge is -2.16. The van der Waals surface area contributed by atoms with Crippen LogP contribution in [0.5, 0.6) is 0 Å². The summed E-state index contributed by atoms with van der Waals surface area (Å²) in [5, 5.41) is 11.6. The maximum absolute atomic E-state index is 12.0. The molecule has 1 rings (SSSR count). The number of nitrogens with one attached hydrogen (secondary N) is 1. The van der Waals surface area contributed by atoms with Crippen LogP contribution in [0.4, 0.5) is 0 Å². The van der Waals surface area contributed by atoms with E-state index >= 15 is 0 Å². The summed E-state index contributed by atoms with van der Waals surface area (Å²) < 4.78 is 0. The smallest absolute Gasteiger partial charge is 0.305 e. The molecule has 18 heavy (non-hydrogen) atoms. The van der Waals surface area contributed by atoms with E-state index in [1.54, 1.807) is 12.1 Å². The van der Waals surface area contributed by atoms with Crippen molar-refractivity contribution in [2.75, 3.05) is 0 Å². The van der Waals surface area contributed by atoms with Crippen LogP contribution < -0.4 is 5.32 Å². The molecule has 1 aromatic carbocycles. The molecule has 4 nitrogen and oxygen atoms in total. The molecule has 0 aliphatic rings. The molecule has 0 fully saturated rings. The third kappa shape index (κ3) is 4.20. The van der Waals surface area contributed by atoms with Gasteiger partial charge in [-0.05, 0) is 25.0 Å². The topological polar surface area (TPSA) is 66.4 Å². The van der Waals surface area contributed by atoms with Gasteiger partial charge in [0, 0.05) is 11.6 Å². The first-order valence-corrected chi connectivity index (χ1v) is 6.13. The standard InChI is InChI=1S/C14H19NO3/c1-3-6-11(9-13(16)17)15-14(18)12-8-5-4-7-10(12)2/h4-5,7-8,11H,3,6,9H2,1-2H3,(H,15,18)(H,16,17). The van der Waals surface area contributed by atoms with Crippen LogP contribution in [0.2, 0.25) is 0 Å². The van der Waals surface area contributed by atoms with Gasteiger partial charge in [0.15, 0.2) is 0 Å². The summed E-state index contributed by atoms with van der Waals surface area (Å²) in [7, 11) is 0. The van der Waals surface area contributed by atoms with Gasteiger partial charge in [-0.1, -0.05) is 31.5 Å². The number of aliphatic carboxylic acids is 1. The molecule has 0 aromatic heterocycles. The molecular weight excluding hydrogens is 230 g/mol. The summed E-state index contributed by atoms with van der Waals surface area (Å²) in [6, 6.07) is 6.97. The number of carboxylic acids is 1. The van der Waals surface area contributed by atoms with Crippen LogP contribution in [0.25, 0.3) is 0 Å². The van der Waals surface area contributed by atoms with Crippen molar-refractivity contribution in [3.8, 4) is 0 Å². The first-order chi connectivity index (χ1) is 8.54. The van der Waals surface area contributed by atoms with Crippen LogP contribution in [0, 0.1) is 6.92 Å². The second kappa shape index (κ2) is 6.79. The fourth-order valence-electron chi connectivity index (χ4n) is 1.88. The summed E-state index contributed by atoms with van der Waals surface area (Å²) in [6.45, 7) is 3.83. The summed E-state index contributed by atoms with van der Waals surface area (Å²) in [5.41, 5.74) is 1.49. The molecule has 1 aromatic rings. The average Bonchev–Trinajstić information content (AvgIpc) is 2.28. The first kappa shape index (κ1) is 14.2. The molecule has 0 radical (unpaired) electrons. The Labute approximate surface area is 107 Å². The largest absolute Gasteiger partial charge is 0.481 e. The van der Waals surface area contributed by atoms with Gasteiger partial charge in [-0.2, -0.15) is 0 Å². The summed E-state index contributed by atoms with van der Waals surface area (Å²) in [6.07, 6.45) is 1.47. The molecule has 0 heterocycles. The van der Waals surface area contributed by atoms with Gasteiger partial charge in [0.1, 0.15) is 0 Å². The van der Waals surface area contributed by atoms with Gasteiger partial charge >= 0.3 is 5.97 Å². The van der Waals surface area contributed by atoms with Crippen LogP contribution in [-0.4, -0.2) is 23.0 Å². The van der Waals surface area contributed by atoms with Gasteiger partial charge in [0.05, 0.1) is 6.42 Å². The van der Waals surface area contributed by atoms with E-state index in [1.807, 2.05) is 26.0 Å². The molecule has 1 atom stereocenters. The van der Waals surface area contributed by atoms with Gasteiger partial charge < -0.3 is 10.4 Å². The number of amides is 1. The fourth-order valence-corrected chi connectivity index (χ4v) is 1.88. The summed E-state index contributed by atoms with van der Waals surface area (Å²) >= 11 is 0. The molecule has 98 valence electrons. The van der Waals surface area contributed by atoms with Crippen LogP contribution in [0.1, 0.15) is 42.1 Å². The Bertz CT molecular complexity index is 429. The molecule has 0 spiro atoms. The number of aryl methyl sites for hydroxylation is 1. The zero-order valence-electron chi connectivity index (χ0n) is 10.8. The molecule has 4 heteroatoms. The van der Waals surface area contributed by atoms with Gasteiger partial charge in [0.2, 0.25) is 0 Å². The fraction of sp³-hybridized carbons (Fsp3) is 0.429. The van der Waals surface area contributed by atoms with Crippen molar-refractivity contribution in [2.45, 2.75) is 39.2 Å². The number of carboxylic acid groups (broad SMARTS) is 1. The molecule has 0 saturated carbocycles.